The lowest BCUT2D eigenvalue weighted by Gasteiger charge is -2.22. The standard InChI is InChI=1S/C11H22N2O3S/c1-16-7-10(14)2-3-13-11(15)6-9-8-17-5-4-12-9/h9-10,12,14H,2-8H2,1H3,(H,13,15). The van der Waals surface area contributed by atoms with E-state index in [-0.39, 0.29) is 11.9 Å². The summed E-state index contributed by atoms with van der Waals surface area (Å²) in [5, 5.41) is 15.5. The van der Waals surface area contributed by atoms with E-state index >= 15 is 0 Å². The number of nitrogens with one attached hydrogen (secondary N) is 2. The Labute approximate surface area is 107 Å². The average Bonchev–Trinajstić information content (AvgIpc) is 2.30. The Morgan fingerprint density at radius 1 is 1.71 bits per heavy atom. The SMILES string of the molecule is COCC(O)CCNC(=O)CC1CSCCN1. The molecule has 0 aliphatic carbocycles. The van der Waals surface area contributed by atoms with E-state index in [1.807, 2.05) is 11.8 Å². The zero-order valence-corrected chi connectivity index (χ0v) is 11.1. The van der Waals surface area contributed by atoms with Crippen LogP contribution in [0.15, 0.2) is 0 Å². The number of methoxy groups -OCH3 is 1. The quantitative estimate of drug-likeness (QED) is 0.582. The number of amides is 1. The van der Waals surface area contributed by atoms with E-state index in [1.165, 1.54) is 0 Å². The average molecular weight is 262 g/mol. The van der Waals surface area contributed by atoms with Crippen molar-refractivity contribution in [2.75, 3.05) is 38.3 Å². The molecule has 0 bridgehead atoms. The van der Waals surface area contributed by atoms with Crippen LogP contribution in [0.1, 0.15) is 12.8 Å². The van der Waals surface area contributed by atoms with Gasteiger partial charge in [-0.05, 0) is 6.42 Å². The fourth-order valence-electron chi connectivity index (χ4n) is 1.70. The van der Waals surface area contributed by atoms with Gasteiger partial charge in [-0.15, -0.1) is 0 Å². The van der Waals surface area contributed by atoms with Gasteiger partial charge in [0.25, 0.3) is 0 Å². The number of thioether (sulfide) groups is 1. The summed E-state index contributed by atoms with van der Waals surface area (Å²) in [5.41, 5.74) is 0. The Bertz CT molecular complexity index is 223. The van der Waals surface area contributed by atoms with Crippen LogP contribution in [0.3, 0.4) is 0 Å². The molecule has 0 radical (unpaired) electrons. The first-order valence-electron chi connectivity index (χ1n) is 5.97. The summed E-state index contributed by atoms with van der Waals surface area (Å²) in [7, 11) is 1.55. The van der Waals surface area contributed by atoms with Crippen molar-refractivity contribution < 1.29 is 14.6 Å². The van der Waals surface area contributed by atoms with Crippen molar-refractivity contribution in [1.29, 1.82) is 0 Å². The van der Waals surface area contributed by atoms with Crippen LogP contribution in [-0.2, 0) is 9.53 Å². The van der Waals surface area contributed by atoms with Crippen LogP contribution in [0.2, 0.25) is 0 Å². The number of hydrogen-bond acceptors (Lipinski definition) is 5. The molecule has 2 unspecified atom stereocenters. The summed E-state index contributed by atoms with van der Waals surface area (Å²) in [4.78, 5) is 11.6. The molecule has 17 heavy (non-hydrogen) atoms. The second-order valence-electron chi connectivity index (χ2n) is 4.18. The van der Waals surface area contributed by atoms with Crippen LogP contribution < -0.4 is 10.6 Å². The number of carbonyl (C=O) groups excluding carboxylic acids is 1. The van der Waals surface area contributed by atoms with Gasteiger partial charge >= 0.3 is 0 Å². The van der Waals surface area contributed by atoms with Gasteiger partial charge < -0.3 is 20.5 Å². The van der Waals surface area contributed by atoms with Crippen LogP contribution in [0.4, 0.5) is 0 Å². The van der Waals surface area contributed by atoms with Crippen molar-refractivity contribution in [3.63, 3.8) is 0 Å². The highest BCUT2D eigenvalue weighted by atomic mass is 32.2. The van der Waals surface area contributed by atoms with E-state index in [2.05, 4.69) is 10.6 Å². The maximum Gasteiger partial charge on any atom is 0.221 e. The molecule has 1 heterocycles. The smallest absolute Gasteiger partial charge is 0.221 e. The third-order valence-electron chi connectivity index (χ3n) is 2.59. The van der Waals surface area contributed by atoms with Crippen molar-refractivity contribution in [2.24, 2.45) is 0 Å². The molecule has 1 saturated heterocycles. The topological polar surface area (TPSA) is 70.6 Å². The lowest BCUT2D eigenvalue weighted by molar-refractivity contribution is -0.121. The molecule has 1 amide bonds. The molecule has 5 nitrogen and oxygen atoms in total. The number of carbonyl (C=O) groups is 1. The molecule has 0 aromatic rings. The van der Waals surface area contributed by atoms with Crippen molar-refractivity contribution >= 4 is 17.7 Å². The van der Waals surface area contributed by atoms with Crippen molar-refractivity contribution in [2.45, 2.75) is 25.0 Å². The summed E-state index contributed by atoms with van der Waals surface area (Å²) in [5.74, 6) is 2.18. The monoisotopic (exact) mass is 262 g/mol. The highest BCUT2D eigenvalue weighted by Gasteiger charge is 2.16. The molecular formula is C11H22N2O3S. The fourth-order valence-corrected chi connectivity index (χ4v) is 2.65. The van der Waals surface area contributed by atoms with Gasteiger partial charge in [-0.3, -0.25) is 4.79 Å². The number of ether oxygens (including phenoxy) is 1. The van der Waals surface area contributed by atoms with Gasteiger partial charge in [0.1, 0.15) is 0 Å². The van der Waals surface area contributed by atoms with E-state index in [9.17, 15) is 9.90 Å². The molecule has 1 fully saturated rings. The lowest BCUT2D eigenvalue weighted by atomic mass is 10.2. The molecule has 1 aliphatic rings. The van der Waals surface area contributed by atoms with Crippen LogP contribution in [0.25, 0.3) is 0 Å². The molecule has 0 aromatic carbocycles. The minimum absolute atomic E-state index is 0.0506. The van der Waals surface area contributed by atoms with E-state index in [1.54, 1.807) is 7.11 Å². The van der Waals surface area contributed by atoms with Crippen molar-refractivity contribution in [3.05, 3.63) is 0 Å². The zero-order chi connectivity index (χ0) is 12.5. The van der Waals surface area contributed by atoms with E-state index in [0.717, 1.165) is 18.1 Å². The van der Waals surface area contributed by atoms with Gasteiger partial charge in [0.15, 0.2) is 0 Å². The first kappa shape index (κ1) is 14.8. The highest BCUT2D eigenvalue weighted by molar-refractivity contribution is 7.99. The molecule has 1 aliphatic heterocycles. The van der Waals surface area contributed by atoms with E-state index in [0.29, 0.717) is 26.0 Å². The normalized spacial score (nSPS) is 22.1. The van der Waals surface area contributed by atoms with Crippen LogP contribution in [-0.4, -0.2) is 61.5 Å². The third kappa shape index (κ3) is 6.88. The second-order valence-corrected chi connectivity index (χ2v) is 5.33. The van der Waals surface area contributed by atoms with Crippen LogP contribution in [0, 0.1) is 0 Å². The van der Waals surface area contributed by atoms with E-state index in [4.69, 9.17) is 4.74 Å². The molecule has 0 aromatic heterocycles. The minimum atomic E-state index is -0.497. The molecule has 2 atom stereocenters. The van der Waals surface area contributed by atoms with Gasteiger partial charge in [-0.2, -0.15) is 11.8 Å². The maximum atomic E-state index is 11.6. The number of rotatable bonds is 7. The van der Waals surface area contributed by atoms with E-state index < -0.39 is 6.10 Å². The first-order valence-corrected chi connectivity index (χ1v) is 7.12. The molecule has 1 rings (SSSR count). The molecular weight excluding hydrogens is 240 g/mol. The van der Waals surface area contributed by atoms with Crippen molar-refractivity contribution in [3.8, 4) is 0 Å². The summed E-state index contributed by atoms with van der Waals surface area (Å²) in [6.07, 6.45) is 0.559. The molecule has 6 heteroatoms. The van der Waals surface area contributed by atoms with Crippen molar-refractivity contribution in [1.82, 2.24) is 10.6 Å². The zero-order valence-electron chi connectivity index (χ0n) is 10.3. The molecule has 0 saturated carbocycles. The molecule has 3 N–H and O–H groups in total. The summed E-state index contributed by atoms with van der Waals surface area (Å²) in [6.45, 7) is 1.80. The van der Waals surface area contributed by atoms with Gasteiger partial charge in [0, 0.05) is 44.2 Å². The maximum absolute atomic E-state index is 11.6. The first-order chi connectivity index (χ1) is 8.22. The third-order valence-corrected chi connectivity index (χ3v) is 3.72. The van der Waals surface area contributed by atoms with Crippen LogP contribution >= 0.6 is 11.8 Å². The van der Waals surface area contributed by atoms with Gasteiger partial charge in [-0.1, -0.05) is 0 Å². The Morgan fingerprint density at radius 3 is 3.18 bits per heavy atom. The Kier molecular flexibility index (Phi) is 7.59. The van der Waals surface area contributed by atoms with Gasteiger partial charge in [0.2, 0.25) is 5.91 Å². The summed E-state index contributed by atoms with van der Waals surface area (Å²) in [6, 6.07) is 0.289. The number of aliphatic hydroxyl groups excluding tert-OH is 1. The fraction of sp³-hybridized carbons (Fsp3) is 0.909. The Balaban J connectivity index is 2.04. The minimum Gasteiger partial charge on any atom is -0.391 e. The largest absolute Gasteiger partial charge is 0.391 e. The number of hydrogen-bond donors (Lipinski definition) is 3. The highest BCUT2D eigenvalue weighted by Crippen LogP contribution is 2.09. The predicted molar refractivity (Wildman–Crippen MR) is 69.2 cm³/mol. The lowest BCUT2D eigenvalue weighted by Crippen LogP contribution is -2.41. The summed E-state index contributed by atoms with van der Waals surface area (Å²) < 4.78 is 4.81. The van der Waals surface area contributed by atoms with Gasteiger partial charge in [-0.25, -0.2) is 0 Å². The molecule has 100 valence electrons. The number of aliphatic hydroxyl groups is 1. The van der Waals surface area contributed by atoms with Gasteiger partial charge in [0.05, 0.1) is 12.7 Å². The Hall–Kier alpha value is -0.300. The predicted octanol–water partition coefficient (Wildman–Crippen LogP) is -0.405. The Morgan fingerprint density at radius 2 is 2.53 bits per heavy atom. The summed E-state index contributed by atoms with van der Waals surface area (Å²) >= 11 is 1.88. The molecule has 0 spiro atoms. The second kappa shape index (κ2) is 8.74. The van der Waals surface area contributed by atoms with Crippen LogP contribution in [0.5, 0.6) is 0 Å².